The Bertz CT molecular complexity index is 392. The highest BCUT2D eigenvalue weighted by Crippen LogP contribution is 2.31. The minimum absolute atomic E-state index is 0.193. The molecule has 92 valence electrons. The van der Waals surface area contributed by atoms with E-state index in [0.29, 0.717) is 18.1 Å². The number of benzene rings is 1. The molecule has 2 nitrogen and oxygen atoms in total. The molecule has 0 heterocycles. The predicted molar refractivity (Wildman–Crippen MR) is 68.3 cm³/mol. The van der Waals surface area contributed by atoms with Crippen LogP contribution in [0.5, 0.6) is 5.75 Å². The van der Waals surface area contributed by atoms with E-state index in [1.165, 1.54) is 5.56 Å². The third kappa shape index (κ3) is 3.88. The fourth-order valence-corrected chi connectivity index (χ4v) is 1.92. The van der Waals surface area contributed by atoms with Crippen molar-refractivity contribution in [3.8, 4) is 5.75 Å². The number of hydrogen-bond donors (Lipinski definition) is 0. The number of hydrogen-bond acceptors (Lipinski definition) is 2. The molecule has 0 N–H and O–H groups in total. The summed E-state index contributed by atoms with van der Waals surface area (Å²) in [7, 11) is 0. The van der Waals surface area contributed by atoms with Crippen LogP contribution >= 0.6 is 0 Å². The van der Waals surface area contributed by atoms with Gasteiger partial charge >= 0.3 is 0 Å². The molecule has 0 radical (unpaired) electrons. The van der Waals surface area contributed by atoms with E-state index in [9.17, 15) is 4.79 Å². The Morgan fingerprint density at radius 3 is 2.82 bits per heavy atom. The molecule has 0 spiro atoms. The van der Waals surface area contributed by atoms with Gasteiger partial charge in [0.1, 0.15) is 11.5 Å². The minimum Gasteiger partial charge on any atom is -0.491 e. The smallest absolute Gasteiger partial charge is 0.136 e. The minimum atomic E-state index is 0.193. The Labute approximate surface area is 103 Å². The van der Waals surface area contributed by atoms with Crippen LogP contribution in [0.3, 0.4) is 0 Å². The number of carbonyl (C=O) groups is 1. The van der Waals surface area contributed by atoms with Crippen molar-refractivity contribution in [1.29, 1.82) is 0 Å². The van der Waals surface area contributed by atoms with E-state index in [4.69, 9.17) is 4.74 Å². The normalized spacial score (nSPS) is 15.0. The quantitative estimate of drug-likeness (QED) is 0.751. The van der Waals surface area contributed by atoms with Crippen LogP contribution < -0.4 is 4.74 Å². The maximum atomic E-state index is 11.6. The molecule has 0 atom stereocenters. The van der Waals surface area contributed by atoms with Gasteiger partial charge in [-0.2, -0.15) is 0 Å². The highest BCUT2D eigenvalue weighted by atomic mass is 16.5. The van der Waals surface area contributed by atoms with E-state index >= 15 is 0 Å². The molecule has 1 aromatic rings. The lowest BCUT2D eigenvalue weighted by Gasteiger charge is -2.10. The fraction of sp³-hybridized carbons (Fsp3) is 0.533. The van der Waals surface area contributed by atoms with Crippen molar-refractivity contribution in [2.24, 2.45) is 5.92 Å². The summed E-state index contributed by atoms with van der Waals surface area (Å²) >= 11 is 0. The Kier molecular flexibility index (Phi) is 3.82. The zero-order valence-electron chi connectivity index (χ0n) is 10.6. The lowest BCUT2D eigenvalue weighted by atomic mass is 10.1. The average molecular weight is 232 g/mol. The molecule has 17 heavy (non-hydrogen) atoms. The van der Waals surface area contributed by atoms with Crippen molar-refractivity contribution < 1.29 is 9.53 Å². The molecular formula is C15H20O2. The van der Waals surface area contributed by atoms with Gasteiger partial charge in [-0.1, -0.05) is 12.1 Å². The van der Waals surface area contributed by atoms with Gasteiger partial charge in [0.15, 0.2) is 0 Å². The van der Waals surface area contributed by atoms with Crippen LogP contribution in [0.4, 0.5) is 0 Å². The van der Waals surface area contributed by atoms with E-state index in [-0.39, 0.29) is 6.10 Å². The number of ketones is 1. The van der Waals surface area contributed by atoms with Gasteiger partial charge in [-0.25, -0.2) is 0 Å². The summed E-state index contributed by atoms with van der Waals surface area (Å²) in [6.45, 7) is 4.03. The summed E-state index contributed by atoms with van der Waals surface area (Å²) in [5.74, 6) is 1.71. The summed E-state index contributed by atoms with van der Waals surface area (Å²) in [6, 6.07) is 8.06. The third-order valence-corrected chi connectivity index (χ3v) is 2.96. The lowest BCUT2D eigenvalue weighted by Crippen LogP contribution is -2.06. The SMILES string of the molecule is CC(C)Oc1cccc(CCC(=O)C2CC2)c1. The van der Waals surface area contributed by atoms with E-state index in [1.54, 1.807) is 0 Å². The standard InChI is InChI=1S/C15H20O2/c1-11(2)17-14-5-3-4-12(10-14)6-9-15(16)13-7-8-13/h3-5,10-11,13H,6-9H2,1-2H3. The Morgan fingerprint density at radius 1 is 1.41 bits per heavy atom. The van der Waals surface area contributed by atoms with Crippen molar-refractivity contribution in [2.75, 3.05) is 0 Å². The topological polar surface area (TPSA) is 26.3 Å². The second-order valence-corrected chi connectivity index (χ2v) is 5.05. The molecule has 1 aromatic carbocycles. The highest BCUT2D eigenvalue weighted by Gasteiger charge is 2.28. The van der Waals surface area contributed by atoms with Crippen LogP contribution in [0.15, 0.2) is 24.3 Å². The van der Waals surface area contributed by atoms with Gasteiger partial charge in [-0.15, -0.1) is 0 Å². The first kappa shape index (κ1) is 12.2. The number of Topliss-reactive ketones (excluding diaryl/α,β-unsaturated/α-hetero) is 1. The lowest BCUT2D eigenvalue weighted by molar-refractivity contribution is -0.120. The first-order valence-corrected chi connectivity index (χ1v) is 6.43. The maximum absolute atomic E-state index is 11.6. The summed E-state index contributed by atoms with van der Waals surface area (Å²) in [6.07, 6.45) is 3.92. The Hall–Kier alpha value is -1.31. The zero-order valence-corrected chi connectivity index (χ0v) is 10.6. The molecule has 0 amide bonds. The second kappa shape index (κ2) is 5.35. The van der Waals surface area contributed by atoms with E-state index in [2.05, 4.69) is 6.07 Å². The molecule has 2 rings (SSSR count). The van der Waals surface area contributed by atoms with Crippen LogP contribution in [-0.2, 0) is 11.2 Å². The molecule has 1 aliphatic rings. The van der Waals surface area contributed by atoms with Crippen LogP contribution in [0, 0.1) is 5.92 Å². The summed E-state index contributed by atoms with van der Waals surface area (Å²) in [4.78, 5) is 11.6. The molecule has 0 aromatic heterocycles. The van der Waals surface area contributed by atoms with Gasteiger partial charge < -0.3 is 4.74 Å². The number of rotatable bonds is 6. The van der Waals surface area contributed by atoms with E-state index in [1.807, 2.05) is 32.0 Å². The van der Waals surface area contributed by atoms with Gasteiger partial charge in [0.2, 0.25) is 0 Å². The number of aryl methyl sites for hydroxylation is 1. The molecule has 1 aliphatic carbocycles. The van der Waals surface area contributed by atoms with E-state index < -0.39 is 0 Å². The second-order valence-electron chi connectivity index (χ2n) is 5.05. The summed E-state index contributed by atoms with van der Waals surface area (Å²) in [5.41, 5.74) is 1.19. The predicted octanol–water partition coefficient (Wildman–Crippen LogP) is 3.39. The van der Waals surface area contributed by atoms with Gasteiger partial charge in [0, 0.05) is 12.3 Å². The van der Waals surface area contributed by atoms with Crippen molar-refractivity contribution >= 4 is 5.78 Å². The van der Waals surface area contributed by atoms with Crippen LogP contribution in [0.25, 0.3) is 0 Å². The maximum Gasteiger partial charge on any atom is 0.136 e. The first-order valence-electron chi connectivity index (χ1n) is 6.43. The average Bonchev–Trinajstić information content (AvgIpc) is 3.09. The first-order chi connectivity index (χ1) is 8.15. The molecule has 2 heteroatoms. The number of carbonyl (C=O) groups excluding carboxylic acids is 1. The van der Waals surface area contributed by atoms with Crippen LogP contribution in [-0.4, -0.2) is 11.9 Å². The van der Waals surface area contributed by atoms with Crippen LogP contribution in [0.1, 0.15) is 38.7 Å². The molecule has 1 saturated carbocycles. The fourth-order valence-electron chi connectivity index (χ4n) is 1.92. The molecule has 0 saturated heterocycles. The molecular weight excluding hydrogens is 212 g/mol. The van der Waals surface area contributed by atoms with Gasteiger partial charge in [-0.3, -0.25) is 4.79 Å². The Balaban J connectivity index is 1.88. The monoisotopic (exact) mass is 232 g/mol. The van der Waals surface area contributed by atoms with E-state index in [0.717, 1.165) is 25.0 Å². The van der Waals surface area contributed by atoms with Crippen molar-refractivity contribution in [1.82, 2.24) is 0 Å². The Morgan fingerprint density at radius 2 is 2.18 bits per heavy atom. The van der Waals surface area contributed by atoms with Gasteiger partial charge in [-0.05, 0) is 50.8 Å². The van der Waals surface area contributed by atoms with Crippen molar-refractivity contribution in [3.63, 3.8) is 0 Å². The van der Waals surface area contributed by atoms with Crippen molar-refractivity contribution in [2.45, 2.75) is 45.6 Å². The van der Waals surface area contributed by atoms with Gasteiger partial charge in [0.05, 0.1) is 6.10 Å². The number of ether oxygens (including phenoxy) is 1. The summed E-state index contributed by atoms with van der Waals surface area (Å²) in [5, 5.41) is 0. The molecule has 1 fully saturated rings. The molecule has 0 bridgehead atoms. The summed E-state index contributed by atoms with van der Waals surface area (Å²) < 4.78 is 5.64. The van der Waals surface area contributed by atoms with Gasteiger partial charge in [0.25, 0.3) is 0 Å². The zero-order chi connectivity index (χ0) is 12.3. The third-order valence-electron chi connectivity index (χ3n) is 2.96. The van der Waals surface area contributed by atoms with Crippen LogP contribution in [0.2, 0.25) is 0 Å². The largest absolute Gasteiger partial charge is 0.491 e. The molecule has 0 unspecified atom stereocenters. The molecule has 0 aliphatic heterocycles. The van der Waals surface area contributed by atoms with Crippen molar-refractivity contribution in [3.05, 3.63) is 29.8 Å². The highest BCUT2D eigenvalue weighted by molar-refractivity contribution is 5.83.